The average Bonchev–Trinajstić information content (AvgIpc) is 3.04. The van der Waals surface area contributed by atoms with E-state index in [0.717, 1.165) is 54.9 Å². The van der Waals surface area contributed by atoms with Crippen LogP contribution >= 0.6 is 11.6 Å². The number of rotatable bonds is 10. The highest BCUT2D eigenvalue weighted by Crippen LogP contribution is 2.38. The lowest BCUT2D eigenvalue weighted by Gasteiger charge is -2.40. The number of alkyl halides is 3. The maximum absolute atomic E-state index is 13.2. The zero-order chi connectivity index (χ0) is 31.9. The molecule has 5 nitrogen and oxygen atoms in total. The van der Waals surface area contributed by atoms with Crippen LogP contribution in [0.1, 0.15) is 47.9 Å². The van der Waals surface area contributed by atoms with E-state index in [0.29, 0.717) is 24.3 Å². The van der Waals surface area contributed by atoms with E-state index in [1.54, 1.807) is 0 Å². The number of urea groups is 1. The number of nitrogens with one attached hydrogen (secondary N) is 2. The van der Waals surface area contributed by atoms with Gasteiger partial charge in [0.05, 0.1) is 11.2 Å². The van der Waals surface area contributed by atoms with E-state index >= 15 is 0 Å². The summed E-state index contributed by atoms with van der Waals surface area (Å²) in [6.07, 6.45) is -1.74. The Labute approximate surface area is 267 Å². The maximum Gasteiger partial charge on any atom is 0.416 e. The number of carbonyl (C=O) groups is 1. The zero-order valence-electron chi connectivity index (χ0n) is 24.9. The van der Waals surface area contributed by atoms with Crippen LogP contribution in [0.25, 0.3) is 0 Å². The summed E-state index contributed by atoms with van der Waals surface area (Å²) in [5, 5.41) is 17.5. The van der Waals surface area contributed by atoms with Gasteiger partial charge in [-0.25, -0.2) is 4.79 Å². The third-order valence-corrected chi connectivity index (χ3v) is 9.05. The third kappa shape index (κ3) is 8.06. The SMILES string of the molecule is O=C(NCC(CCCN1CCC(O)(c2ccc(Cl)cc2)CC1)(c1ccccc1)c1ccccc1)Nc1cccc(C(F)(F)F)c1. The highest BCUT2D eigenvalue weighted by Gasteiger charge is 2.37. The minimum Gasteiger partial charge on any atom is -0.385 e. The molecule has 45 heavy (non-hydrogen) atoms. The Hall–Kier alpha value is -3.85. The number of halogens is 4. The molecule has 0 bridgehead atoms. The second-order valence-corrected chi connectivity index (χ2v) is 12.1. The maximum atomic E-state index is 13.2. The number of aliphatic hydroxyl groups is 1. The van der Waals surface area contributed by atoms with Crippen LogP contribution < -0.4 is 10.6 Å². The number of nitrogens with zero attached hydrogens (tertiary/aromatic N) is 1. The Bertz CT molecular complexity index is 1500. The van der Waals surface area contributed by atoms with Gasteiger partial charge in [0.25, 0.3) is 0 Å². The molecule has 1 aliphatic rings. The molecule has 0 atom stereocenters. The van der Waals surface area contributed by atoms with Gasteiger partial charge in [0.1, 0.15) is 0 Å². The molecule has 1 heterocycles. The molecule has 4 aromatic rings. The standard InChI is InChI=1S/C36H37ClF3N3O2/c37-31-17-15-29(16-18-31)35(45)20-23-43(24-21-35)22-8-19-34(27-9-3-1-4-10-27,28-11-5-2-6-12-28)26-41-33(44)42-32-14-7-13-30(25-32)36(38,39)40/h1-7,9-18,25,45H,8,19-24,26H2,(H2,41,42,44). The molecule has 0 unspecified atom stereocenters. The van der Waals surface area contributed by atoms with Crippen LogP contribution in [0.2, 0.25) is 5.02 Å². The summed E-state index contributed by atoms with van der Waals surface area (Å²) in [6, 6.07) is 31.4. The lowest BCUT2D eigenvalue weighted by molar-refractivity contribution is -0.137. The number of hydrogen-bond donors (Lipinski definition) is 3. The van der Waals surface area contributed by atoms with Gasteiger partial charge >= 0.3 is 12.2 Å². The van der Waals surface area contributed by atoms with Crippen LogP contribution in [0.3, 0.4) is 0 Å². The number of likely N-dealkylation sites (tertiary alicyclic amines) is 1. The van der Waals surface area contributed by atoms with E-state index in [1.807, 2.05) is 84.9 Å². The fraction of sp³-hybridized carbons (Fsp3) is 0.306. The van der Waals surface area contributed by atoms with Crippen molar-refractivity contribution in [3.8, 4) is 0 Å². The second kappa shape index (κ2) is 14.1. The first-order chi connectivity index (χ1) is 21.6. The predicted molar refractivity (Wildman–Crippen MR) is 172 cm³/mol. The number of anilines is 1. The number of benzene rings is 4. The quantitative estimate of drug-likeness (QED) is 0.164. The van der Waals surface area contributed by atoms with E-state index in [9.17, 15) is 23.1 Å². The molecule has 2 amide bonds. The molecule has 3 N–H and O–H groups in total. The minimum absolute atomic E-state index is 0.0657. The molecule has 0 saturated carbocycles. The van der Waals surface area contributed by atoms with E-state index in [1.165, 1.54) is 12.1 Å². The Morgan fingerprint density at radius 1 is 0.822 bits per heavy atom. The Balaban J connectivity index is 1.29. The number of piperidine rings is 1. The van der Waals surface area contributed by atoms with Gasteiger partial charge in [-0.05, 0) is 79.3 Å². The lowest BCUT2D eigenvalue weighted by atomic mass is 9.71. The van der Waals surface area contributed by atoms with E-state index < -0.39 is 28.8 Å². The van der Waals surface area contributed by atoms with Crippen molar-refractivity contribution in [1.82, 2.24) is 10.2 Å². The molecule has 0 spiro atoms. The number of carbonyl (C=O) groups excluding carboxylic acids is 1. The van der Waals surface area contributed by atoms with E-state index in [-0.39, 0.29) is 12.2 Å². The molecular weight excluding hydrogens is 599 g/mol. The van der Waals surface area contributed by atoms with Gasteiger partial charge in [0.2, 0.25) is 0 Å². The molecule has 0 aliphatic carbocycles. The topological polar surface area (TPSA) is 64.6 Å². The Kier molecular flexibility index (Phi) is 10.2. The van der Waals surface area contributed by atoms with Gasteiger partial charge < -0.3 is 20.6 Å². The second-order valence-electron chi connectivity index (χ2n) is 11.7. The fourth-order valence-corrected chi connectivity index (χ4v) is 6.37. The third-order valence-electron chi connectivity index (χ3n) is 8.79. The molecule has 1 aliphatic heterocycles. The summed E-state index contributed by atoms with van der Waals surface area (Å²) in [7, 11) is 0. The summed E-state index contributed by atoms with van der Waals surface area (Å²) in [6.45, 7) is 2.55. The minimum atomic E-state index is -4.51. The van der Waals surface area contributed by atoms with Crippen LogP contribution in [0.4, 0.5) is 23.7 Å². The van der Waals surface area contributed by atoms with Gasteiger partial charge in [-0.3, -0.25) is 0 Å². The summed E-state index contributed by atoms with van der Waals surface area (Å²) in [5.41, 5.74) is 0.720. The monoisotopic (exact) mass is 635 g/mol. The van der Waals surface area contributed by atoms with E-state index in [2.05, 4.69) is 15.5 Å². The molecule has 236 valence electrons. The van der Waals surface area contributed by atoms with Gasteiger partial charge in [-0.1, -0.05) is 90.5 Å². The molecule has 5 rings (SSSR count). The van der Waals surface area contributed by atoms with Crippen molar-refractivity contribution in [3.05, 3.63) is 136 Å². The summed E-state index contributed by atoms with van der Waals surface area (Å²) in [4.78, 5) is 15.4. The van der Waals surface area contributed by atoms with Crippen molar-refractivity contribution in [1.29, 1.82) is 0 Å². The van der Waals surface area contributed by atoms with Crippen molar-refractivity contribution in [2.24, 2.45) is 0 Å². The van der Waals surface area contributed by atoms with Gasteiger partial charge in [-0.15, -0.1) is 0 Å². The molecular formula is C36H37ClF3N3O2. The molecule has 9 heteroatoms. The fourth-order valence-electron chi connectivity index (χ4n) is 6.24. The average molecular weight is 636 g/mol. The van der Waals surface area contributed by atoms with Crippen LogP contribution in [-0.4, -0.2) is 42.2 Å². The lowest BCUT2D eigenvalue weighted by Crippen LogP contribution is -2.45. The summed E-state index contributed by atoms with van der Waals surface area (Å²) >= 11 is 6.04. The van der Waals surface area contributed by atoms with Gasteiger partial charge in [0, 0.05) is 35.8 Å². The Morgan fingerprint density at radius 3 is 1.98 bits per heavy atom. The number of amides is 2. The highest BCUT2D eigenvalue weighted by atomic mass is 35.5. The summed E-state index contributed by atoms with van der Waals surface area (Å²) < 4.78 is 39.7. The van der Waals surface area contributed by atoms with Crippen LogP contribution in [0.15, 0.2) is 109 Å². The van der Waals surface area contributed by atoms with Crippen LogP contribution in [0.5, 0.6) is 0 Å². The van der Waals surface area contributed by atoms with Crippen LogP contribution in [-0.2, 0) is 17.2 Å². The number of hydrogen-bond acceptors (Lipinski definition) is 3. The van der Waals surface area contributed by atoms with Gasteiger partial charge in [0.15, 0.2) is 0 Å². The predicted octanol–water partition coefficient (Wildman–Crippen LogP) is 8.23. The van der Waals surface area contributed by atoms with Gasteiger partial charge in [-0.2, -0.15) is 13.2 Å². The van der Waals surface area contributed by atoms with Crippen molar-refractivity contribution in [3.63, 3.8) is 0 Å². The Morgan fingerprint density at radius 2 is 1.40 bits per heavy atom. The molecule has 1 saturated heterocycles. The molecule has 0 aromatic heterocycles. The van der Waals surface area contributed by atoms with E-state index in [4.69, 9.17) is 11.6 Å². The van der Waals surface area contributed by atoms with Crippen molar-refractivity contribution in [2.45, 2.75) is 42.9 Å². The van der Waals surface area contributed by atoms with Crippen molar-refractivity contribution >= 4 is 23.3 Å². The first-order valence-electron chi connectivity index (χ1n) is 15.1. The molecule has 4 aromatic carbocycles. The first-order valence-corrected chi connectivity index (χ1v) is 15.5. The van der Waals surface area contributed by atoms with Crippen LogP contribution in [0, 0.1) is 0 Å². The van der Waals surface area contributed by atoms with Crippen molar-refractivity contribution < 1.29 is 23.1 Å². The largest absolute Gasteiger partial charge is 0.416 e. The molecule has 1 fully saturated rings. The first kappa shape index (κ1) is 32.5. The highest BCUT2D eigenvalue weighted by molar-refractivity contribution is 6.30. The molecule has 0 radical (unpaired) electrons. The smallest absolute Gasteiger partial charge is 0.385 e. The zero-order valence-corrected chi connectivity index (χ0v) is 25.6. The summed E-state index contributed by atoms with van der Waals surface area (Å²) in [5.74, 6) is 0. The van der Waals surface area contributed by atoms with Crippen molar-refractivity contribution in [2.75, 3.05) is 31.5 Å². The normalized spacial score (nSPS) is 15.4.